The fourth-order valence-corrected chi connectivity index (χ4v) is 4.91. The van der Waals surface area contributed by atoms with Gasteiger partial charge in [-0.2, -0.15) is 0 Å². The van der Waals surface area contributed by atoms with Gasteiger partial charge in [-0.25, -0.2) is 15.0 Å². The first-order chi connectivity index (χ1) is 12.3. The van der Waals surface area contributed by atoms with Crippen molar-refractivity contribution in [2.75, 3.05) is 44.2 Å². The number of aromatic nitrogens is 3. The number of piperazine rings is 1. The number of likely N-dealkylation sites (tertiary alicyclic amines) is 1. The quantitative estimate of drug-likeness (QED) is 0.814. The summed E-state index contributed by atoms with van der Waals surface area (Å²) in [5.74, 6) is 1.65. The molecule has 7 heteroatoms. The van der Waals surface area contributed by atoms with E-state index in [2.05, 4.69) is 35.8 Å². The fourth-order valence-electron chi connectivity index (χ4n) is 3.78. The Morgan fingerprint density at radius 3 is 2.48 bits per heavy atom. The topological polar surface area (TPSA) is 48.4 Å². The molecule has 1 saturated carbocycles. The molecule has 0 atom stereocenters. The molecular formula is C18H24N6S. The first-order valence-electron chi connectivity index (χ1n) is 9.28. The van der Waals surface area contributed by atoms with Crippen molar-refractivity contribution in [1.29, 1.82) is 0 Å². The summed E-state index contributed by atoms with van der Waals surface area (Å²) < 4.78 is 0. The Balaban J connectivity index is 1.08. The third-order valence-corrected chi connectivity index (χ3v) is 6.63. The van der Waals surface area contributed by atoms with Crippen molar-refractivity contribution in [2.45, 2.75) is 31.3 Å². The van der Waals surface area contributed by atoms with E-state index >= 15 is 0 Å². The van der Waals surface area contributed by atoms with Crippen molar-refractivity contribution in [2.24, 2.45) is 0 Å². The van der Waals surface area contributed by atoms with Gasteiger partial charge in [0.05, 0.1) is 5.01 Å². The van der Waals surface area contributed by atoms with Crippen LogP contribution in [0.5, 0.6) is 0 Å². The van der Waals surface area contributed by atoms with Crippen LogP contribution < -0.4 is 4.90 Å². The molecule has 0 radical (unpaired) electrons. The molecule has 0 bridgehead atoms. The highest BCUT2D eigenvalue weighted by atomic mass is 32.1. The Hall–Kier alpha value is -1.57. The summed E-state index contributed by atoms with van der Waals surface area (Å²) >= 11 is 1.93. The van der Waals surface area contributed by atoms with Crippen molar-refractivity contribution >= 4 is 17.3 Å². The van der Waals surface area contributed by atoms with Crippen molar-refractivity contribution in [3.05, 3.63) is 34.5 Å². The first kappa shape index (κ1) is 15.7. The molecule has 5 rings (SSSR count). The van der Waals surface area contributed by atoms with E-state index < -0.39 is 0 Å². The highest BCUT2D eigenvalue weighted by molar-refractivity contribution is 7.11. The van der Waals surface area contributed by atoms with E-state index in [0.29, 0.717) is 0 Å². The summed E-state index contributed by atoms with van der Waals surface area (Å²) in [4.78, 5) is 22.3. The predicted octanol–water partition coefficient (Wildman–Crippen LogP) is 1.82. The molecule has 2 aromatic heterocycles. The van der Waals surface area contributed by atoms with Crippen LogP contribution in [0, 0.1) is 0 Å². The van der Waals surface area contributed by atoms with Gasteiger partial charge in [-0.05, 0) is 18.9 Å². The van der Waals surface area contributed by atoms with E-state index in [-0.39, 0.29) is 0 Å². The lowest BCUT2D eigenvalue weighted by molar-refractivity contribution is 0.0261. The zero-order valence-electron chi connectivity index (χ0n) is 14.4. The van der Waals surface area contributed by atoms with E-state index in [0.717, 1.165) is 50.6 Å². The summed E-state index contributed by atoms with van der Waals surface area (Å²) in [5, 5.41) is 1.37. The molecule has 2 aliphatic heterocycles. The third-order valence-electron chi connectivity index (χ3n) is 5.48. The molecule has 0 N–H and O–H groups in total. The van der Waals surface area contributed by atoms with Gasteiger partial charge < -0.3 is 4.90 Å². The van der Waals surface area contributed by atoms with Gasteiger partial charge in [-0.3, -0.25) is 9.80 Å². The van der Waals surface area contributed by atoms with Crippen LogP contribution in [0.25, 0.3) is 0 Å². The van der Waals surface area contributed by atoms with Crippen LogP contribution in [0.15, 0.2) is 24.7 Å². The SMILES string of the molecule is c1cnc(N2CCN(C3CN(Cc4cnc(C5CC5)s4)C3)CC2)nc1. The molecule has 6 nitrogen and oxygen atoms in total. The van der Waals surface area contributed by atoms with Gasteiger partial charge in [0.25, 0.3) is 0 Å². The first-order valence-corrected chi connectivity index (χ1v) is 10.1. The second-order valence-corrected chi connectivity index (χ2v) is 8.51. The van der Waals surface area contributed by atoms with Crippen LogP contribution in [0.2, 0.25) is 0 Å². The predicted molar refractivity (Wildman–Crippen MR) is 99.0 cm³/mol. The Labute approximate surface area is 152 Å². The molecule has 25 heavy (non-hydrogen) atoms. The lowest BCUT2D eigenvalue weighted by Gasteiger charge is -2.48. The van der Waals surface area contributed by atoms with E-state index in [1.54, 1.807) is 0 Å². The average Bonchev–Trinajstić information content (AvgIpc) is 3.38. The van der Waals surface area contributed by atoms with E-state index in [1.807, 2.05) is 29.8 Å². The number of hydrogen-bond acceptors (Lipinski definition) is 7. The zero-order chi connectivity index (χ0) is 16.6. The van der Waals surface area contributed by atoms with Crippen molar-refractivity contribution in [3.63, 3.8) is 0 Å². The molecule has 2 aromatic rings. The summed E-state index contributed by atoms with van der Waals surface area (Å²) in [6, 6.07) is 2.59. The van der Waals surface area contributed by atoms with E-state index in [4.69, 9.17) is 0 Å². The van der Waals surface area contributed by atoms with Gasteiger partial charge in [0.15, 0.2) is 0 Å². The third kappa shape index (κ3) is 3.41. The maximum atomic E-state index is 4.60. The number of thiazole rings is 1. The molecule has 3 aliphatic rings. The van der Waals surface area contributed by atoms with Gasteiger partial charge in [0.2, 0.25) is 5.95 Å². The molecule has 4 heterocycles. The Bertz CT molecular complexity index is 701. The molecule has 1 aliphatic carbocycles. The van der Waals surface area contributed by atoms with Gasteiger partial charge in [0, 0.05) is 81.2 Å². The van der Waals surface area contributed by atoms with E-state index in [1.165, 1.54) is 35.8 Å². The molecule has 132 valence electrons. The molecular weight excluding hydrogens is 332 g/mol. The average molecular weight is 356 g/mol. The molecule has 0 unspecified atom stereocenters. The molecule has 0 spiro atoms. The van der Waals surface area contributed by atoms with Crippen molar-refractivity contribution in [1.82, 2.24) is 24.8 Å². The van der Waals surface area contributed by atoms with Crippen LogP contribution in [0.3, 0.4) is 0 Å². The lowest BCUT2D eigenvalue weighted by atomic mass is 10.1. The smallest absolute Gasteiger partial charge is 0.225 e. The molecule has 3 fully saturated rings. The lowest BCUT2D eigenvalue weighted by Crippen LogP contribution is -2.62. The van der Waals surface area contributed by atoms with Crippen LogP contribution in [-0.4, -0.2) is 70.1 Å². The minimum Gasteiger partial charge on any atom is -0.338 e. The van der Waals surface area contributed by atoms with Gasteiger partial charge >= 0.3 is 0 Å². The van der Waals surface area contributed by atoms with Crippen LogP contribution in [0.4, 0.5) is 5.95 Å². The second kappa shape index (κ2) is 6.63. The Morgan fingerprint density at radius 2 is 1.76 bits per heavy atom. The fraction of sp³-hybridized carbons (Fsp3) is 0.611. The van der Waals surface area contributed by atoms with Gasteiger partial charge in [0.1, 0.15) is 0 Å². The molecule has 2 saturated heterocycles. The Morgan fingerprint density at radius 1 is 1.00 bits per heavy atom. The monoisotopic (exact) mass is 356 g/mol. The van der Waals surface area contributed by atoms with Crippen LogP contribution >= 0.6 is 11.3 Å². The van der Waals surface area contributed by atoms with Crippen molar-refractivity contribution < 1.29 is 0 Å². The van der Waals surface area contributed by atoms with Gasteiger partial charge in [-0.1, -0.05) is 0 Å². The number of rotatable bonds is 5. The summed E-state index contributed by atoms with van der Waals surface area (Å²) in [5.41, 5.74) is 0. The number of hydrogen-bond donors (Lipinski definition) is 0. The zero-order valence-corrected chi connectivity index (χ0v) is 15.2. The standard InChI is InChI=1S/C18H24N6S/c1-4-19-18(20-5-1)24-8-6-23(7-9-24)15-11-22(12-15)13-16-10-21-17(25-16)14-2-3-14/h1,4-5,10,14-15H,2-3,6-9,11-13H2. The molecule has 0 aromatic carbocycles. The highest BCUT2D eigenvalue weighted by Crippen LogP contribution is 2.42. The van der Waals surface area contributed by atoms with Crippen LogP contribution in [-0.2, 0) is 6.54 Å². The maximum absolute atomic E-state index is 4.60. The van der Waals surface area contributed by atoms with Crippen LogP contribution in [0.1, 0.15) is 28.6 Å². The Kier molecular flexibility index (Phi) is 4.15. The van der Waals surface area contributed by atoms with E-state index in [9.17, 15) is 0 Å². The normalized spacial score (nSPS) is 23.0. The largest absolute Gasteiger partial charge is 0.338 e. The maximum Gasteiger partial charge on any atom is 0.225 e. The molecule has 0 amide bonds. The number of nitrogens with zero attached hydrogens (tertiary/aromatic N) is 6. The van der Waals surface area contributed by atoms with Crippen molar-refractivity contribution in [3.8, 4) is 0 Å². The minimum absolute atomic E-state index is 0.717. The number of anilines is 1. The highest BCUT2D eigenvalue weighted by Gasteiger charge is 2.34. The van der Waals surface area contributed by atoms with Gasteiger partial charge in [-0.15, -0.1) is 11.3 Å². The summed E-state index contributed by atoms with van der Waals surface area (Å²) in [6.07, 6.45) is 8.45. The summed E-state index contributed by atoms with van der Waals surface area (Å²) in [6.45, 7) is 7.75. The summed E-state index contributed by atoms with van der Waals surface area (Å²) in [7, 11) is 0. The second-order valence-electron chi connectivity index (χ2n) is 7.36. The minimum atomic E-state index is 0.717.